The number of hydrogen-bond donors (Lipinski definition) is 0. The van der Waals surface area contributed by atoms with Gasteiger partial charge in [-0.15, -0.1) is 0 Å². The summed E-state index contributed by atoms with van der Waals surface area (Å²) in [6.07, 6.45) is 1.91. The fourth-order valence-electron chi connectivity index (χ4n) is 5.01. The summed E-state index contributed by atoms with van der Waals surface area (Å²) in [5.74, 6) is 1.75. The van der Waals surface area contributed by atoms with Crippen molar-refractivity contribution in [2.75, 3.05) is 51.3 Å². The van der Waals surface area contributed by atoms with Gasteiger partial charge in [0.2, 0.25) is 0 Å². The van der Waals surface area contributed by atoms with Crippen LogP contribution >= 0.6 is 0 Å². The molecule has 0 N–H and O–H groups in total. The highest BCUT2D eigenvalue weighted by atomic mass is 19.1. The summed E-state index contributed by atoms with van der Waals surface area (Å²) in [5.41, 5.74) is 4.38. The minimum Gasteiger partial charge on any atom is -0.497 e. The van der Waals surface area contributed by atoms with E-state index in [4.69, 9.17) is 9.84 Å². The second-order valence-corrected chi connectivity index (χ2v) is 9.47. The minimum absolute atomic E-state index is 0.239. The molecule has 1 aliphatic heterocycles. The van der Waals surface area contributed by atoms with E-state index >= 15 is 0 Å². The van der Waals surface area contributed by atoms with E-state index in [-0.39, 0.29) is 5.82 Å². The number of benzene rings is 2. The van der Waals surface area contributed by atoms with Crippen LogP contribution in [0.5, 0.6) is 5.75 Å². The molecule has 0 amide bonds. The number of rotatable bonds is 11. The Labute approximate surface area is 215 Å². The zero-order valence-corrected chi connectivity index (χ0v) is 22.2. The largest absolute Gasteiger partial charge is 0.497 e. The monoisotopic (exact) mass is 493 g/mol. The van der Waals surface area contributed by atoms with Crippen molar-refractivity contribution >= 4 is 5.82 Å². The molecule has 4 rings (SSSR count). The fraction of sp³-hybridized carbons (Fsp3) is 0.483. The van der Waals surface area contributed by atoms with Crippen molar-refractivity contribution in [3.8, 4) is 11.4 Å². The Balaban J connectivity index is 1.73. The summed E-state index contributed by atoms with van der Waals surface area (Å²) in [5, 5.41) is 5.10. The van der Waals surface area contributed by atoms with Crippen LogP contribution in [0.2, 0.25) is 0 Å². The predicted molar refractivity (Wildman–Crippen MR) is 145 cm³/mol. The summed E-state index contributed by atoms with van der Waals surface area (Å²) in [6.45, 7) is 14.1. The molecular weight excluding hydrogens is 453 g/mol. The second-order valence-electron chi connectivity index (χ2n) is 9.47. The Morgan fingerprint density at radius 2 is 1.75 bits per heavy atom. The van der Waals surface area contributed by atoms with E-state index in [1.807, 2.05) is 22.9 Å². The number of aromatic nitrogens is 2. The predicted octanol–water partition coefficient (Wildman–Crippen LogP) is 5.14. The zero-order valence-electron chi connectivity index (χ0n) is 22.2. The third-order valence-corrected chi connectivity index (χ3v) is 7.07. The quantitative estimate of drug-likeness (QED) is 0.370. The van der Waals surface area contributed by atoms with Crippen LogP contribution in [0.4, 0.5) is 10.2 Å². The van der Waals surface area contributed by atoms with Gasteiger partial charge in [-0.1, -0.05) is 45.4 Å². The van der Waals surface area contributed by atoms with Gasteiger partial charge in [-0.3, -0.25) is 4.90 Å². The molecule has 0 atom stereocenters. The maximum atomic E-state index is 14.3. The highest BCUT2D eigenvalue weighted by molar-refractivity contribution is 5.56. The maximum Gasteiger partial charge on any atom is 0.137 e. The van der Waals surface area contributed by atoms with Gasteiger partial charge in [-0.25, -0.2) is 9.07 Å². The summed E-state index contributed by atoms with van der Waals surface area (Å²) < 4.78 is 21.7. The van der Waals surface area contributed by atoms with Crippen LogP contribution in [0.1, 0.15) is 44.0 Å². The molecule has 0 aliphatic carbocycles. The van der Waals surface area contributed by atoms with Crippen molar-refractivity contribution in [3.05, 3.63) is 71.2 Å². The van der Waals surface area contributed by atoms with E-state index in [2.05, 4.69) is 47.6 Å². The van der Waals surface area contributed by atoms with Gasteiger partial charge in [0, 0.05) is 44.8 Å². The topological polar surface area (TPSA) is 36.8 Å². The van der Waals surface area contributed by atoms with E-state index in [0.29, 0.717) is 0 Å². The number of ether oxygens (including phenoxy) is 1. The van der Waals surface area contributed by atoms with Crippen LogP contribution in [0.15, 0.2) is 48.5 Å². The van der Waals surface area contributed by atoms with Gasteiger partial charge in [0.1, 0.15) is 17.4 Å². The lowest BCUT2D eigenvalue weighted by Crippen LogP contribution is -2.47. The number of likely N-dealkylation sites (N-methyl/N-ethyl adjacent to an activating group) is 1. The smallest absolute Gasteiger partial charge is 0.137 e. The van der Waals surface area contributed by atoms with Gasteiger partial charge in [-0.05, 0) is 55.4 Å². The van der Waals surface area contributed by atoms with Gasteiger partial charge in [0.05, 0.1) is 18.5 Å². The Hall–Kier alpha value is -2.90. The van der Waals surface area contributed by atoms with Crippen molar-refractivity contribution < 1.29 is 9.13 Å². The Morgan fingerprint density at radius 3 is 2.42 bits per heavy atom. The highest BCUT2D eigenvalue weighted by Gasteiger charge is 2.27. The van der Waals surface area contributed by atoms with Gasteiger partial charge in [0.25, 0.3) is 0 Å². The Bertz CT molecular complexity index is 1120. The molecule has 0 unspecified atom stereocenters. The molecule has 0 radical (unpaired) electrons. The Kier molecular flexibility index (Phi) is 8.99. The van der Waals surface area contributed by atoms with Crippen molar-refractivity contribution in [2.24, 2.45) is 0 Å². The highest BCUT2D eigenvalue weighted by Crippen LogP contribution is 2.31. The third-order valence-electron chi connectivity index (χ3n) is 7.07. The van der Waals surface area contributed by atoms with Crippen LogP contribution in [0.3, 0.4) is 0 Å². The van der Waals surface area contributed by atoms with Crippen molar-refractivity contribution in [1.29, 1.82) is 0 Å². The lowest BCUT2D eigenvalue weighted by atomic mass is 10.1. The number of anilines is 1. The van der Waals surface area contributed by atoms with Crippen LogP contribution in [-0.4, -0.2) is 66.0 Å². The van der Waals surface area contributed by atoms with E-state index < -0.39 is 0 Å². The van der Waals surface area contributed by atoms with Crippen LogP contribution in [-0.2, 0) is 19.5 Å². The first-order valence-electron chi connectivity index (χ1n) is 13.3. The molecule has 1 fully saturated rings. The van der Waals surface area contributed by atoms with Gasteiger partial charge < -0.3 is 14.5 Å². The fourth-order valence-corrected chi connectivity index (χ4v) is 5.01. The first kappa shape index (κ1) is 26.2. The number of hydrogen-bond acceptors (Lipinski definition) is 5. The summed E-state index contributed by atoms with van der Waals surface area (Å²) in [4.78, 5) is 7.39. The van der Waals surface area contributed by atoms with Gasteiger partial charge in [-0.2, -0.15) is 5.10 Å². The Morgan fingerprint density at radius 1 is 0.972 bits per heavy atom. The van der Waals surface area contributed by atoms with Crippen molar-refractivity contribution in [1.82, 2.24) is 19.6 Å². The first-order chi connectivity index (χ1) is 17.6. The number of nitrogens with zero attached hydrogens (tertiary/aromatic N) is 5. The van der Waals surface area contributed by atoms with E-state index in [1.54, 1.807) is 19.2 Å². The molecule has 1 aromatic heterocycles. The van der Waals surface area contributed by atoms with E-state index in [0.717, 1.165) is 88.1 Å². The average molecular weight is 494 g/mol. The lowest BCUT2D eigenvalue weighted by Gasteiger charge is -2.36. The molecule has 7 heteroatoms. The molecule has 2 heterocycles. The first-order valence-corrected chi connectivity index (χ1v) is 13.3. The van der Waals surface area contributed by atoms with Crippen LogP contribution in [0, 0.1) is 5.82 Å². The number of halogens is 1. The minimum atomic E-state index is -0.239. The molecule has 3 aromatic rings. The summed E-state index contributed by atoms with van der Waals surface area (Å²) >= 11 is 0. The zero-order chi connectivity index (χ0) is 25.5. The van der Waals surface area contributed by atoms with E-state index in [9.17, 15) is 4.39 Å². The standard InChI is InChI=1S/C29H40FN5O/c1-5-10-28-27(22-33(7-3)21-23-11-8-14-26(19-23)36-4)29(34-17-15-32(6-2)16-18-34)35(31-28)25-13-9-12-24(30)20-25/h8-9,11-14,19-20H,5-7,10,15-18,21-22H2,1-4H3. The van der Waals surface area contributed by atoms with Gasteiger partial charge in [0.15, 0.2) is 0 Å². The summed E-state index contributed by atoms with van der Waals surface area (Å²) in [6, 6.07) is 15.1. The molecule has 0 saturated carbocycles. The molecule has 36 heavy (non-hydrogen) atoms. The molecular formula is C29H40FN5O. The molecule has 2 aromatic carbocycles. The van der Waals surface area contributed by atoms with Gasteiger partial charge >= 0.3 is 0 Å². The number of aryl methyl sites for hydroxylation is 1. The molecule has 194 valence electrons. The summed E-state index contributed by atoms with van der Waals surface area (Å²) in [7, 11) is 1.71. The molecule has 0 spiro atoms. The third kappa shape index (κ3) is 6.08. The van der Waals surface area contributed by atoms with Crippen molar-refractivity contribution in [2.45, 2.75) is 46.7 Å². The number of piperazine rings is 1. The molecule has 1 saturated heterocycles. The van der Waals surface area contributed by atoms with Crippen molar-refractivity contribution in [3.63, 3.8) is 0 Å². The molecule has 0 bridgehead atoms. The lowest BCUT2D eigenvalue weighted by molar-refractivity contribution is 0.264. The molecule has 6 nitrogen and oxygen atoms in total. The van der Waals surface area contributed by atoms with E-state index in [1.165, 1.54) is 17.2 Å². The van der Waals surface area contributed by atoms with Crippen LogP contribution in [0.25, 0.3) is 5.69 Å². The normalized spacial score (nSPS) is 14.6. The second kappa shape index (κ2) is 12.4. The molecule has 1 aliphatic rings. The average Bonchev–Trinajstić information content (AvgIpc) is 3.26. The van der Waals surface area contributed by atoms with Crippen LogP contribution < -0.4 is 9.64 Å². The number of methoxy groups -OCH3 is 1. The maximum absolute atomic E-state index is 14.3. The SMILES string of the molecule is CCCc1nn(-c2cccc(F)c2)c(N2CCN(CC)CC2)c1CN(CC)Cc1cccc(OC)c1.